The van der Waals surface area contributed by atoms with Crippen molar-refractivity contribution in [2.45, 2.75) is 70.3 Å². The summed E-state index contributed by atoms with van der Waals surface area (Å²) in [4.78, 5) is 12.7. The molecule has 0 unspecified atom stereocenters. The summed E-state index contributed by atoms with van der Waals surface area (Å²) in [6, 6.07) is 0. The molecule has 4 heteroatoms. The van der Waals surface area contributed by atoms with Crippen molar-refractivity contribution in [2.24, 2.45) is 17.6 Å². The summed E-state index contributed by atoms with van der Waals surface area (Å²) in [5.74, 6) is 1.44. The van der Waals surface area contributed by atoms with Gasteiger partial charge in [0.2, 0.25) is 5.91 Å². The van der Waals surface area contributed by atoms with Gasteiger partial charge < -0.3 is 11.1 Å². The topological polar surface area (TPSA) is 55.1 Å². The van der Waals surface area contributed by atoms with Crippen LogP contribution in [0.4, 0.5) is 0 Å². The molecule has 2 saturated carbocycles. The van der Waals surface area contributed by atoms with Gasteiger partial charge in [0.05, 0.1) is 10.5 Å². The van der Waals surface area contributed by atoms with E-state index in [1.54, 1.807) is 0 Å². The number of nitrogens with one attached hydrogen (secondary N) is 1. The van der Waals surface area contributed by atoms with E-state index < -0.39 is 5.54 Å². The van der Waals surface area contributed by atoms with Gasteiger partial charge in [0.1, 0.15) is 0 Å². The van der Waals surface area contributed by atoms with Gasteiger partial charge in [-0.1, -0.05) is 32.0 Å². The molecular weight excluding hydrogens is 256 g/mol. The van der Waals surface area contributed by atoms with Crippen LogP contribution in [0.3, 0.4) is 0 Å². The molecule has 0 saturated heterocycles. The SMILES string of the molecule is CC1CCC(NC(=O)CC2CCCC2)(C(N)=S)CC1. The molecule has 0 aliphatic heterocycles. The van der Waals surface area contributed by atoms with E-state index in [1.165, 1.54) is 25.7 Å². The second kappa shape index (κ2) is 6.21. The molecule has 0 atom stereocenters. The van der Waals surface area contributed by atoms with Crippen molar-refractivity contribution in [1.29, 1.82) is 0 Å². The number of amides is 1. The molecular formula is C15H26N2OS. The third kappa shape index (κ3) is 3.68. The molecule has 3 N–H and O–H groups in total. The Bertz CT molecular complexity index is 342. The van der Waals surface area contributed by atoms with E-state index in [-0.39, 0.29) is 5.91 Å². The minimum atomic E-state index is -0.405. The molecule has 19 heavy (non-hydrogen) atoms. The maximum atomic E-state index is 12.2. The Balaban J connectivity index is 1.92. The fourth-order valence-corrected chi connectivity index (χ4v) is 3.74. The van der Waals surface area contributed by atoms with Crippen LogP contribution in [-0.4, -0.2) is 16.4 Å². The Hall–Kier alpha value is -0.640. The predicted molar refractivity (Wildman–Crippen MR) is 81.9 cm³/mol. The lowest BCUT2D eigenvalue weighted by atomic mass is 9.77. The van der Waals surface area contributed by atoms with Crippen LogP contribution in [0.2, 0.25) is 0 Å². The quantitative estimate of drug-likeness (QED) is 0.780. The molecule has 0 heterocycles. The van der Waals surface area contributed by atoms with Crippen LogP contribution in [0.1, 0.15) is 64.7 Å². The van der Waals surface area contributed by atoms with Gasteiger partial charge in [0.25, 0.3) is 0 Å². The summed E-state index contributed by atoms with van der Waals surface area (Å²) >= 11 is 5.23. The van der Waals surface area contributed by atoms with Gasteiger partial charge >= 0.3 is 0 Å². The van der Waals surface area contributed by atoms with Crippen molar-refractivity contribution in [3.63, 3.8) is 0 Å². The fourth-order valence-electron chi connectivity index (χ4n) is 3.48. The van der Waals surface area contributed by atoms with Crippen LogP contribution in [0.25, 0.3) is 0 Å². The molecule has 3 nitrogen and oxygen atoms in total. The fraction of sp³-hybridized carbons (Fsp3) is 0.867. The summed E-state index contributed by atoms with van der Waals surface area (Å²) < 4.78 is 0. The Morgan fingerprint density at radius 2 is 1.84 bits per heavy atom. The first-order valence-electron chi connectivity index (χ1n) is 7.63. The van der Waals surface area contributed by atoms with E-state index in [4.69, 9.17) is 18.0 Å². The Morgan fingerprint density at radius 1 is 1.26 bits per heavy atom. The zero-order valence-corrected chi connectivity index (χ0v) is 12.7. The highest BCUT2D eigenvalue weighted by atomic mass is 32.1. The number of carbonyl (C=O) groups excluding carboxylic acids is 1. The summed E-state index contributed by atoms with van der Waals surface area (Å²) in [5.41, 5.74) is 5.52. The number of hydrogen-bond acceptors (Lipinski definition) is 2. The van der Waals surface area contributed by atoms with Crippen molar-refractivity contribution < 1.29 is 4.79 Å². The van der Waals surface area contributed by atoms with Gasteiger partial charge in [-0.2, -0.15) is 0 Å². The molecule has 0 bridgehead atoms. The van der Waals surface area contributed by atoms with Crippen molar-refractivity contribution >= 4 is 23.1 Å². The number of hydrogen-bond donors (Lipinski definition) is 2. The summed E-state index contributed by atoms with van der Waals surface area (Å²) in [6.07, 6.45) is 9.60. The van der Waals surface area contributed by atoms with Gasteiger partial charge in [-0.3, -0.25) is 4.79 Å². The molecule has 1 amide bonds. The van der Waals surface area contributed by atoms with Gasteiger partial charge in [0.15, 0.2) is 0 Å². The normalized spacial score (nSPS) is 32.2. The van der Waals surface area contributed by atoms with Crippen molar-refractivity contribution in [2.75, 3.05) is 0 Å². The van der Waals surface area contributed by atoms with Gasteiger partial charge in [-0.05, 0) is 50.4 Å². The number of carbonyl (C=O) groups is 1. The number of rotatable bonds is 4. The van der Waals surface area contributed by atoms with E-state index in [0.29, 0.717) is 23.2 Å². The summed E-state index contributed by atoms with van der Waals surface area (Å²) in [7, 11) is 0. The molecule has 0 aromatic rings. The van der Waals surface area contributed by atoms with E-state index in [2.05, 4.69) is 12.2 Å². The minimum Gasteiger partial charge on any atom is -0.391 e. The minimum absolute atomic E-state index is 0.147. The molecule has 108 valence electrons. The largest absolute Gasteiger partial charge is 0.391 e. The second-order valence-corrected chi connectivity index (χ2v) is 6.97. The van der Waals surface area contributed by atoms with Crippen LogP contribution >= 0.6 is 12.2 Å². The Kier molecular flexibility index (Phi) is 4.82. The Morgan fingerprint density at radius 3 is 2.37 bits per heavy atom. The van der Waals surface area contributed by atoms with Gasteiger partial charge in [-0.25, -0.2) is 0 Å². The van der Waals surface area contributed by atoms with Crippen LogP contribution < -0.4 is 11.1 Å². The number of nitrogens with two attached hydrogens (primary N) is 1. The lowest BCUT2D eigenvalue weighted by Gasteiger charge is -2.39. The van der Waals surface area contributed by atoms with Gasteiger partial charge in [0, 0.05) is 6.42 Å². The zero-order chi connectivity index (χ0) is 13.9. The third-order valence-electron chi connectivity index (χ3n) is 4.93. The molecule has 0 aromatic carbocycles. The zero-order valence-electron chi connectivity index (χ0n) is 11.9. The number of thiocarbonyl (C=S) groups is 1. The summed E-state index contributed by atoms with van der Waals surface area (Å²) in [5, 5.41) is 3.17. The lowest BCUT2D eigenvalue weighted by Crippen LogP contribution is -2.58. The van der Waals surface area contributed by atoms with E-state index in [9.17, 15) is 4.79 Å². The van der Waals surface area contributed by atoms with Crippen LogP contribution in [0, 0.1) is 11.8 Å². The molecule has 0 spiro atoms. The van der Waals surface area contributed by atoms with Crippen molar-refractivity contribution in [3.05, 3.63) is 0 Å². The summed E-state index contributed by atoms with van der Waals surface area (Å²) in [6.45, 7) is 2.25. The average molecular weight is 282 g/mol. The Labute approximate surface area is 121 Å². The highest BCUT2D eigenvalue weighted by molar-refractivity contribution is 7.80. The maximum absolute atomic E-state index is 12.2. The van der Waals surface area contributed by atoms with Crippen LogP contribution in [-0.2, 0) is 4.79 Å². The molecule has 2 aliphatic carbocycles. The molecule has 2 aliphatic rings. The smallest absolute Gasteiger partial charge is 0.221 e. The van der Waals surface area contributed by atoms with E-state index in [0.717, 1.165) is 25.7 Å². The second-order valence-electron chi connectivity index (χ2n) is 6.53. The third-order valence-corrected chi connectivity index (χ3v) is 5.32. The van der Waals surface area contributed by atoms with Crippen LogP contribution in [0.5, 0.6) is 0 Å². The molecule has 2 fully saturated rings. The highest BCUT2D eigenvalue weighted by Gasteiger charge is 2.38. The monoisotopic (exact) mass is 282 g/mol. The standard InChI is InChI=1S/C15H26N2OS/c1-11-6-8-15(9-7-11,14(16)19)17-13(18)10-12-4-2-3-5-12/h11-12H,2-10H2,1H3,(H2,16,19)(H,17,18). The average Bonchev–Trinajstić information content (AvgIpc) is 2.84. The van der Waals surface area contributed by atoms with Crippen LogP contribution in [0.15, 0.2) is 0 Å². The van der Waals surface area contributed by atoms with Crippen molar-refractivity contribution in [3.8, 4) is 0 Å². The molecule has 2 rings (SSSR count). The molecule has 0 aromatic heterocycles. The first-order valence-corrected chi connectivity index (χ1v) is 8.03. The first-order chi connectivity index (χ1) is 9.02. The predicted octanol–water partition coefficient (Wildman–Crippen LogP) is 2.92. The maximum Gasteiger partial charge on any atom is 0.221 e. The van der Waals surface area contributed by atoms with Gasteiger partial charge in [-0.15, -0.1) is 0 Å². The van der Waals surface area contributed by atoms with E-state index >= 15 is 0 Å². The van der Waals surface area contributed by atoms with Crippen molar-refractivity contribution in [1.82, 2.24) is 5.32 Å². The van der Waals surface area contributed by atoms with E-state index in [1.807, 2.05) is 0 Å². The first kappa shape index (κ1) is 14.8. The highest BCUT2D eigenvalue weighted by Crippen LogP contribution is 2.33. The lowest BCUT2D eigenvalue weighted by molar-refractivity contribution is -0.123. The molecule has 0 radical (unpaired) electrons.